The van der Waals surface area contributed by atoms with E-state index >= 15 is 0 Å². The third-order valence-corrected chi connectivity index (χ3v) is 8.78. The van der Waals surface area contributed by atoms with Crippen LogP contribution in [0.5, 0.6) is 0 Å². The van der Waals surface area contributed by atoms with Gasteiger partial charge in [-0.05, 0) is 49.7 Å². The van der Waals surface area contributed by atoms with Gasteiger partial charge in [0.05, 0.1) is 10.9 Å². The summed E-state index contributed by atoms with van der Waals surface area (Å²) < 4.78 is 27.7. The predicted molar refractivity (Wildman–Crippen MR) is 134 cm³/mol. The lowest BCUT2D eigenvalue weighted by Gasteiger charge is -2.35. The zero-order valence-corrected chi connectivity index (χ0v) is 20.8. The van der Waals surface area contributed by atoms with Crippen LogP contribution in [0.2, 0.25) is 0 Å². The molecule has 1 atom stereocenters. The van der Waals surface area contributed by atoms with Crippen molar-refractivity contribution < 1.29 is 13.2 Å². The molecule has 34 heavy (non-hydrogen) atoms. The van der Waals surface area contributed by atoms with Gasteiger partial charge in [0.2, 0.25) is 10.0 Å². The Kier molecular flexibility index (Phi) is 8.37. The van der Waals surface area contributed by atoms with Crippen molar-refractivity contribution in [2.75, 3.05) is 52.9 Å². The molecule has 2 fully saturated rings. The number of amides is 1. The zero-order chi connectivity index (χ0) is 24.0. The maximum Gasteiger partial charge on any atom is 0.251 e. The summed E-state index contributed by atoms with van der Waals surface area (Å²) in [6.45, 7) is 5.85. The van der Waals surface area contributed by atoms with Crippen LogP contribution < -0.4 is 5.32 Å². The molecule has 1 amide bonds. The number of piperazine rings is 1. The van der Waals surface area contributed by atoms with Crippen LogP contribution in [-0.4, -0.2) is 81.3 Å². The Morgan fingerprint density at radius 2 is 1.47 bits per heavy atom. The minimum atomic E-state index is -3.53. The number of likely N-dealkylation sites (N-methyl/N-ethyl adjacent to an activating group) is 1. The van der Waals surface area contributed by atoms with Gasteiger partial charge < -0.3 is 10.2 Å². The highest BCUT2D eigenvalue weighted by molar-refractivity contribution is 7.89. The number of benzene rings is 2. The molecular weight excluding hydrogens is 448 g/mol. The summed E-state index contributed by atoms with van der Waals surface area (Å²) in [4.78, 5) is 18.1. The molecular formula is C26H36N4O3S. The molecule has 0 spiro atoms. The fourth-order valence-electron chi connectivity index (χ4n) is 4.66. The number of carbonyl (C=O) groups excluding carboxylic acids is 1. The van der Waals surface area contributed by atoms with Crippen LogP contribution in [0.25, 0.3) is 0 Å². The van der Waals surface area contributed by atoms with Crippen molar-refractivity contribution in [1.29, 1.82) is 0 Å². The molecule has 7 nitrogen and oxygen atoms in total. The van der Waals surface area contributed by atoms with Gasteiger partial charge in [0.25, 0.3) is 5.91 Å². The van der Waals surface area contributed by atoms with Crippen LogP contribution in [0.4, 0.5) is 0 Å². The van der Waals surface area contributed by atoms with E-state index in [0.717, 1.165) is 64.0 Å². The molecule has 2 aromatic carbocycles. The molecule has 1 unspecified atom stereocenters. The predicted octanol–water partition coefficient (Wildman–Crippen LogP) is 2.97. The van der Waals surface area contributed by atoms with Crippen molar-refractivity contribution in [3.63, 3.8) is 0 Å². The molecule has 4 rings (SSSR count). The SMILES string of the molecule is CN1CCN(CC(NC(=O)c2ccc(S(=O)(=O)N3CCCCCC3)cc2)c2ccccc2)CC1. The van der Waals surface area contributed by atoms with Gasteiger partial charge in [-0.25, -0.2) is 8.42 Å². The van der Waals surface area contributed by atoms with Gasteiger partial charge >= 0.3 is 0 Å². The minimum absolute atomic E-state index is 0.141. The topological polar surface area (TPSA) is 73.0 Å². The lowest BCUT2D eigenvalue weighted by molar-refractivity contribution is 0.0907. The smallest absolute Gasteiger partial charge is 0.251 e. The van der Waals surface area contributed by atoms with Gasteiger partial charge in [0.15, 0.2) is 0 Å². The second-order valence-corrected chi connectivity index (χ2v) is 11.3. The van der Waals surface area contributed by atoms with E-state index in [2.05, 4.69) is 22.2 Å². The van der Waals surface area contributed by atoms with E-state index in [1.165, 1.54) is 0 Å². The van der Waals surface area contributed by atoms with E-state index in [1.807, 2.05) is 30.3 Å². The molecule has 2 saturated heterocycles. The van der Waals surface area contributed by atoms with Gasteiger partial charge in [-0.1, -0.05) is 43.2 Å². The third kappa shape index (κ3) is 6.24. The quantitative estimate of drug-likeness (QED) is 0.654. The first-order valence-electron chi connectivity index (χ1n) is 12.3. The standard InChI is InChI=1S/C26H36N4O3S/c1-28-17-19-29(20-18-28)21-25(22-9-5-4-6-10-22)27-26(31)23-11-13-24(14-12-23)34(32,33)30-15-7-2-3-8-16-30/h4-6,9-14,25H,2-3,7-8,15-21H2,1H3,(H,27,31). The average molecular weight is 485 g/mol. The fourth-order valence-corrected chi connectivity index (χ4v) is 6.18. The van der Waals surface area contributed by atoms with Gasteiger partial charge in [-0.2, -0.15) is 4.31 Å². The lowest BCUT2D eigenvalue weighted by atomic mass is 10.0. The maximum atomic E-state index is 13.1. The fraction of sp³-hybridized carbons (Fsp3) is 0.500. The van der Waals surface area contributed by atoms with Gasteiger partial charge in [0.1, 0.15) is 0 Å². The Hall–Kier alpha value is -2.26. The molecule has 0 aliphatic carbocycles. The molecule has 2 aliphatic rings. The van der Waals surface area contributed by atoms with Crippen LogP contribution in [0.1, 0.15) is 47.6 Å². The van der Waals surface area contributed by atoms with Crippen LogP contribution in [0.3, 0.4) is 0 Å². The molecule has 184 valence electrons. The summed E-state index contributed by atoms with van der Waals surface area (Å²) in [7, 11) is -1.40. The van der Waals surface area contributed by atoms with Crippen LogP contribution >= 0.6 is 0 Å². The Balaban J connectivity index is 1.46. The summed E-state index contributed by atoms with van der Waals surface area (Å²) >= 11 is 0. The van der Waals surface area contributed by atoms with Gasteiger partial charge in [0, 0.05) is 51.4 Å². The molecule has 2 aliphatic heterocycles. The largest absolute Gasteiger partial charge is 0.344 e. The van der Waals surface area contributed by atoms with Crippen molar-refractivity contribution in [2.24, 2.45) is 0 Å². The number of sulfonamides is 1. The second kappa shape index (κ2) is 11.4. The van der Waals surface area contributed by atoms with Crippen LogP contribution in [0, 0.1) is 0 Å². The molecule has 1 N–H and O–H groups in total. The van der Waals surface area contributed by atoms with Crippen LogP contribution in [-0.2, 0) is 10.0 Å². The number of nitrogens with zero attached hydrogens (tertiary/aromatic N) is 3. The second-order valence-electron chi connectivity index (χ2n) is 9.38. The van der Waals surface area contributed by atoms with E-state index in [4.69, 9.17) is 0 Å². The normalized spacial score (nSPS) is 19.9. The number of carbonyl (C=O) groups is 1. The zero-order valence-electron chi connectivity index (χ0n) is 20.0. The monoisotopic (exact) mass is 484 g/mol. The average Bonchev–Trinajstić information content (AvgIpc) is 3.16. The highest BCUT2D eigenvalue weighted by atomic mass is 32.2. The maximum absolute atomic E-state index is 13.1. The molecule has 8 heteroatoms. The van der Waals surface area contributed by atoms with E-state index < -0.39 is 10.0 Å². The molecule has 0 bridgehead atoms. The van der Waals surface area contributed by atoms with E-state index in [1.54, 1.807) is 28.6 Å². The summed E-state index contributed by atoms with van der Waals surface area (Å²) in [5, 5.41) is 3.18. The molecule has 2 aromatic rings. The Labute approximate surface area is 203 Å². The van der Waals surface area contributed by atoms with Crippen molar-refractivity contribution in [3.8, 4) is 0 Å². The Morgan fingerprint density at radius 3 is 2.09 bits per heavy atom. The van der Waals surface area contributed by atoms with Crippen molar-refractivity contribution in [3.05, 3.63) is 65.7 Å². The number of nitrogens with one attached hydrogen (secondary N) is 1. The Morgan fingerprint density at radius 1 is 0.853 bits per heavy atom. The molecule has 0 radical (unpaired) electrons. The van der Waals surface area contributed by atoms with Gasteiger partial charge in [-0.3, -0.25) is 9.69 Å². The highest BCUT2D eigenvalue weighted by Crippen LogP contribution is 2.21. The first kappa shape index (κ1) is 24.9. The number of rotatable bonds is 7. The van der Waals surface area contributed by atoms with E-state index in [-0.39, 0.29) is 16.8 Å². The highest BCUT2D eigenvalue weighted by Gasteiger charge is 2.26. The minimum Gasteiger partial charge on any atom is -0.344 e. The van der Waals surface area contributed by atoms with Crippen LogP contribution in [0.15, 0.2) is 59.5 Å². The summed E-state index contributed by atoms with van der Waals surface area (Å²) in [5.74, 6) is -0.193. The summed E-state index contributed by atoms with van der Waals surface area (Å²) in [5.41, 5.74) is 1.53. The molecule has 0 saturated carbocycles. The first-order chi connectivity index (χ1) is 16.4. The summed E-state index contributed by atoms with van der Waals surface area (Å²) in [6.07, 6.45) is 3.94. The van der Waals surface area contributed by atoms with Crippen molar-refractivity contribution in [2.45, 2.75) is 36.6 Å². The molecule has 2 heterocycles. The third-order valence-electron chi connectivity index (χ3n) is 6.86. The first-order valence-corrected chi connectivity index (χ1v) is 13.7. The Bertz CT molecular complexity index is 1030. The summed E-state index contributed by atoms with van der Waals surface area (Å²) in [6, 6.07) is 16.3. The van der Waals surface area contributed by atoms with Crippen molar-refractivity contribution in [1.82, 2.24) is 19.4 Å². The van der Waals surface area contributed by atoms with Gasteiger partial charge in [-0.15, -0.1) is 0 Å². The van der Waals surface area contributed by atoms with E-state index in [9.17, 15) is 13.2 Å². The number of hydrogen-bond acceptors (Lipinski definition) is 5. The number of hydrogen-bond donors (Lipinski definition) is 1. The van der Waals surface area contributed by atoms with E-state index in [0.29, 0.717) is 18.7 Å². The lowest BCUT2D eigenvalue weighted by Crippen LogP contribution is -2.47. The van der Waals surface area contributed by atoms with Crippen molar-refractivity contribution >= 4 is 15.9 Å². The molecule has 0 aromatic heterocycles.